The SMILES string of the molecule is CCCCCCCCN(C(=O)C(Cc1ccccc1)NC(=O)OC(C)(C)C)C(C(=O)NC(C)(C)C)c1ccccc1O. The van der Waals surface area contributed by atoms with E-state index in [1.165, 1.54) is 11.0 Å². The van der Waals surface area contributed by atoms with Crippen LogP contribution in [0.4, 0.5) is 4.79 Å². The quantitative estimate of drug-likeness (QED) is 0.216. The van der Waals surface area contributed by atoms with E-state index in [2.05, 4.69) is 17.6 Å². The first-order valence-corrected chi connectivity index (χ1v) is 15.2. The van der Waals surface area contributed by atoms with E-state index in [1.807, 2.05) is 51.1 Å². The fourth-order valence-electron chi connectivity index (χ4n) is 4.74. The first-order valence-electron chi connectivity index (χ1n) is 15.2. The molecule has 0 spiro atoms. The molecule has 0 aromatic heterocycles. The lowest BCUT2D eigenvalue weighted by atomic mass is 9.98. The minimum atomic E-state index is -1.10. The molecule has 0 aliphatic rings. The summed E-state index contributed by atoms with van der Waals surface area (Å²) >= 11 is 0. The summed E-state index contributed by atoms with van der Waals surface area (Å²) in [5.74, 6) is -0.901. The van der Waals surface area contributed by atoms with Crippen LogP contribution < -0.4 is 10.6 Å². The molecule has 0 aliphatic carbocycles. The van der Waals surface area contributed by atoms with Gasteiger partial charge in [0.2, 0.25) is 11.8 Å². The molecule has 2 atom stereocenters. The summed E-state index contributed by atoms with van der Waals surface area (Å²) in [7, 11) is 0. The molecule has 2 unspecified atom stereocenters. The highest BCUT2D eigenvalue weighted by molar-refractivity contribution is 5.93. The second kappa shape index (κ2) is 16.2. The third-order valence-electron chi connectivity index (χ3n) is 6.60. The van der Waals surface area contributed by atoms with Crippen molar-refractivity contribution in [2.24, 2.45) is 0 Å². The first-order chi connectivity index (χ1) is 19.7. The average molecular weight is 582 g/mol. The highest BCUT2D eigenvalue weighted by atomic mass is 16.6. The van der Waals surface area contributed by atoms with Gasteiger partial charge in [-0.2, -0.15) is 0 Å². The molecule has 0 heterocycles. The molecule has 3 N–H and O–H groups in total. The molecule has 0 bridgehead atoms. The van der Waals surface area contributed by atoms with E-state index < -0.39 is 41.1 Å². The van der Waals surface area contributed by atoms with E-state index in [9.17, 15) is 19.5 Å². The highest BCUT2D eigenvalue weighted by Crippen LogP contribution is 2.31. The van der Waals surface area contributed by atoms with Crippen LogP contribution in [0.2, 0.25) is 0 Å². The number of amides is 3. The van der Waals surface area contributed by atoms with Gasteiger partial charge in [-0.25, -0.2) is 4.79 Å². The van der Waals surface area contributed by atoms with E-state index in [1.54, 1.807) is 39.0 Å². The minimum Gasteiger partial charge on any atom is -0.508 e. The number of para-hydroxylation sites is 1. The van der Waals surface area contributed by atoms with Gasteiger partial charge in [-0.15, -0.1) is 0 Å². The fourth-order valence-corrected chi connectivity index (χ4v) is 4.74. The van der Waals surface area contributed by atoms with Gasteiger partial charge in [0.25, 0.3) is 0 Å². The van der Waals surface area contributed by atoms with Crippen LogP contribution in [0.15, 0.2) is 54.6 Å². The van der Waals surface area contributed by atoms with E-state index in [-0.39, 0.29) is 18.7 Å². The third kappa shape index (κ3) is 12.1. The molecular formula is C34H51N3O5. The van der Waals surface area contributed by atoms with Gasteiger partial charge in [0, 0.05) is 24.1 Å². The fraction of sp³-hybridized carbons (Fsp3) is 0.559. The van der Waals surface area contributed by atoms with Crippen LogP contribution in [-0.2, 0) is 20.7 Å². The lowest BCUT2D eigenvalue weighted by Gasteiger charge is -2.36. The number of nitrogens with zero attached hydrogens (tertiary/aromatic N) is 1. The van der Waals surface area contributed by atoms with Crippen LogP contribution in [0.3, 0.4) is 0 Å². The van der Waals surface area contributed by atoms with Gasteiger partial charge in [0.15, 0.2) is 0 Å². The van der Waals surface area contributed by atoms with Gasteiger partial charge in [0.05, 0.1) is 0 Å². The highest BCUT2D eigenvalue weighted by Gasteiger charge is 2.38. The number of carbonyl (C=O) groups is 3. The number of alkyl carbamates (subject to hydrolysis) is 1. The van der Waals surface area contributed by atoms with E-state index in [0.717, 1.165) is 37.7 Å². The number of phenols is 1. The summed E-state index contributed by atoms with van der Waals surface area (Å²) in [4.78, 5) is 42.9. The molecule has 8 nitrogen and oxygen atoms in total. The number of rotatable bonds is 14. The Morgan fingerprint density at radius 3 is 2.05 bits per heavy atom. The molecule has 0 fully saturated rings. The second-order valence-corrected chi connectivity index (χ2v) is 12.9. The topological polar surface area (TPSA) is 108 Å². The summed E-state index contributed by atoms with van der Waals surface area (Å²) in [6, 6.07) is 13.9. The van der Waals surface area contributed by atoms with E-state index in [0.29, 0.717) is 12.0 Å². The molecule has 2 rings (SSSR count). The third-order valence-corrected chi connectivity index (χ3v) is 6.60. The van der Waals surface area contributed by atoms with Crippen molar-refractivity contribution in [3.8, 4) is 5.75 Å². The first kappa shape index (κ1) is 34.7. The van der Waals surface area contributed by atoms with Crippen molar-refractivity contribution in [2.75, 3.05) is 6.54 Å². The Bertz CT molecular complexity index is 1140. The Kier molecular flexibility index (Phi) is 13.4. The lowest BCUT2D eigenvalue weighted by molar-refractivity contribution is -0.143. The maximum atomic E-state index is 14.5. The summed E-state index contributed by atoms with van der Waals surface area (Å²) < 4.78 is 5.51. The Hall–Kier alpha value is -3.55. The zero-order valence-corrected chi connectivity index (χ0v) is 26.5. The number of phenolic OH excluding ortho intramolecular Hbond substituents is 1. The van der Waals surface area contributed by atoms with E-state index in [4.69, 9.17) is 4.74 Å². The Labute approximate surface area is 252 Å². The van der Waals surface area contributed by atoms with Gasteiger partial charge >= 0.3 is 6.09 Å². The predicted octanol–water partition coefficient (Wildman–Crippen LogP) is 6.67. The number of hydrogen-bond acceptors (Lipinski definition) is 5. The summed E-state index contributed by atoms with van der Waals surface area (Å²) in [6.45, 7) is 13.3. The number of carbonyl (C=O) groups excluding carboxylic acids is 3. The van der Waals surface area contributed by atoms with Crippen LogP contribution in [0.25, 0.3) is 0 Å². The van der Waals surface area contributed by atoms with Crippen molar-refractivity contribution >= 4 is 17.9 Å². The molecule has 2 aromatic rings. The Morgan fingerprint density at radius 1 is 0.857 bits per heavy atom. The molecule has 2 aromatic carbocycles. The van der Waals surface area contributed by atoms with Crippen LogP contribution in [-0.4, -0.2) is 51.6 Å². The smallest absolute Gasteiger partial charge is 0.408 e. The van der Waals surface area contributed by atoms with Crippen molar-refractivity contribution in [3.63, 3.8) is 0 Å². The van der Waals surface area contributed by atoms with E-state index >= 15 is 0 Å². The maximum absolute atomic E-state index is 14.5. The van der Waals surface area contributed by atoms with Gasteiger partial charge in [0.1, 0.15) is 23.4 Å². The van der Waals surface area contributed by atoms with Gasteiger partial charge in [-0.1, -0.05) is 87.6 Å². The normalized spacial score (nSPS) is 13.1. The average Bonchev–Trinajstić information content (AvgIpc) is 2.88. The molecule has 0 radical (unpaired) electrons. The predicted molar refractivity (Wildman–Crippen MR) is 167 cm³/mol. The zero-order valence-electron chi connectivity index (χ0n) is 26.5. The molecule has 8 heteroatoms. The number of hydrogen-bond donors (Lipinski definition) is 3. The van der Waals surface area contributed by atoms with Gasteiger partial charge in [-0.05, 0) is 59.6 Å². The number of ether oxygens (including phenoxy) is 1. The van der Waals surface area contributed by atoms with Crippen molar-refractivity contribution in [3.05, 3.63) is 65.7 Å². The summed E-state index contributed by atoms with van der Waals surface area (Å²) in [5.41, 5.74) is -0.153. The number of nitrogens with one attached hydrogen (secondary N) is 2. The maximum Gasteiger partial charge on any atom is 0.408 e. The van der Waals surface area contributed by atoms with Crippen molar-refractivity contribution < 1.29 is 24.2 Å². The number of unbranched alkanes of at least 4 members (excludes halogenated alkanes) is 5. The largest absolute Gasteiger partial charge is 0.508 e. The molecule has 3 amide bonds. The molecule has 0 saturated heterocycles. The van der Waals surface area contributed by atoms with Crippen LogP contribution in [0.1, 0.15) is 104 Å². The molecular weight excluding hydrogens is 530 g/mol. The van der Waals surface area contributed by atoms with Gasteiger partial charge < -0.3 is 25.4 Å². The van der Waals surface area contributed by atoms with Crippen molar-refractivity contribution in [2.45, 2.75) is 117 Å². The Morgan fingerprint density at radius 2 is 1.45 bits per heavy atom. The van der Waals surface area contributed by atoms with Crippen LogP contribution in [0, 0.1) is 0 Å². The monoisotopic (exact) mass is 581 g/mol. The number of aromatic hydroxyl groups is 1. The molecule has 232 valence electrons. The van der Waals surface area contributed by atoms with Crippen molar-refractivity contribution in [1.29, 1.82) is 0 Å². The summed E-state index contributed by atoms with van der Waals surface area (Å²) in [5, 5.41) is 16.7. The second-order valence-electron chi connectivity index (χ2n) is 12.9. The summed E-state index contributed by atoms with van der Waals surface area (Å²) in [6.07, 6.45) is 5.47. The molecule has 42 heavy (non-hydrogen) atoms. The zero-order chi connectivity index (χ0) is 31.3. The van der Waals surface area contributed by atoms with Crippen molar-refractivity contribution in [1.82, 2.24) is 15.5 Å². The number of benzene rings is 2. The lowest BCUT2D eigenvalue weighted by Crippen LogP contribution is -2.55. The van der Waals surface area contributed by atoms with Crippen LogP contribution in [0.5, 0.6) is 5.75 Å². The molecule has 0 aliphatic heterocycles. The standard InChI is InChI=1S/C34H51N3O5/c1-8-9-10-11-12-18-23-37(29(30(39)36-33(2,3)4)26-21-16-17-22-28(26)38)31(40)27(24-25-19-14-13-15-20-25)35-32(41)42-34(5,6)7/h13-17,19-22,27,29,38H,8-12,18,23-24H2,1-7H3,(H,35,41)(H,36,39). The molecule has 0 saturated carbocycles. The van der Waals surface area contributed by atoms with Crippen LogP contribution >= 0.6 is 0 Å². The minimum absolute atomic E-state index is 0.0768. The van der Waals surface area contributed by atoms with Gasteiger partial charge in [-0.3, -0.25) is 9.59 Å². The Balaban J connectivity index is 2.55.